The molecule has 14 nitrogen and oxygen atoms in total. The molecule has 2 aliphatic rings. The summed E-state index contributed by atoms with van der Waals surface area (Å²) >= 11 is 0. The van der Waals surface area contributed by atoms with Crippen LogP contribution in [0.2, 0.25) is 0 Å². The Balaban J connectivity index is 0.906. The van der Waals surface area contributed by atoms with Gasteiger partial charge < -0.3 is 31.5 Å². The van der Waals surface area contributed by atoms with Gasteiger partial charge >= 0.3 is 0 Å². The maximum absolute atomic E-state index is 14.7. The highest BCUT2D eigenvalue weighted by Gasteiger charge is 2.48. The first kappa shape index (κ1) is 51.4. The highest BCUT2D eigenvalue weighted by molar-refractivity contribution is 5.94. The molecule has 4 aromatic rings. The average Bonchev–Trinajstić information content (AvgIpc) is 3.74. The lowest BCUT2D eigenvalue weighted by molar-refractivity contribution is -0.143. The molecule has 68 heavy (non-hydrogen) atoms. The monoisotopic (exact) mass is 928 g/mol. The second-order valence-corrected chi connectivity index (χ2v) is 18.3. The van der Waals surface area contributed by atoms with E-state index in [0.29, 0.717) is 58.2 Å². The number of benzene rings is 2. The number of unbranched alkanes of at least 4 members (excludes halogenated alkanes) is 7. The van der Waals surface area contributed by atoms with Crippen molar-refractivity contribution in [3.8, 4) is 0 Å². The van der Waals surface area contributed by atoms with E-state index >= 15 is 0 Å². The molecule has 14 heteroatoms. The Morgan fingerprint density at radius 1 is 0.691 bits per heavy atom. The first-order chi connectivity index (χ1) is 33.2. The van der Waals surface area contributed by atoms with Gasteiger partial charge in [-0.15, -0.1) is 0 Å². The molecule has 5 amide bonds. The summed E-state index contributed by atoms with van der Waals surface area (Å²) in [7, 11) is 1.73. The maximum atomic E-state index is 14.7. The maximum Gasteiger partial charge on any atom is 0.246 e. The van der Waals surface area contributed by atoms with Crippen molar-refractivity contribution >= 4 is 29.5 Å². The normalized spacial score (nSPS) is 18.4. The van der Waals surface area contributed by atoms with Gasteiger partial charge in [-0.2, -0.15) is 0 Å². The van der Waals surface area contributed by atoms with E-state index in [9.17, 15) is 24.0 Å². The Hall–Kier alpha value is -5.99. The van der Waals surface area contributed by atoms with Gasteiger partial charge in [0.1, 0.15) is 12.1 Å². The van der Waals surface area contributed by atoms with Crippen molar-refractivity contribution in [1.82, 2.24) is 46.4 Å². The standard InChI is InChI=1S/C54H73N9O5/c1-3-46(55-2)52(66)61-51-42(29-30-45-31-32-47(63(45)54(51)68)53(67)60-50(40-22-12-10-13-23-40)41-24-14-11-15-25-41)36-59-48(64)28-16-8-6-4-5-7-9-19-35-58-49(65)39-62(37-43-26-17-20-33-56-43)38-44-27-18-21-34-57-44/h10-15,17-18,20-27,33-34,42,45-47,50-51,55H,3-9,16,19,28-32,35-39H2,1-2H3,(H,58,65)(H,59,64)(H,60,67)(H,61,66)/t42-,45+,46+,47+,51+/m1/s1. The molecule has 364 valence electrons. The molecule has 5 N–H and O–H groups in total. The summed E-state index contributed by atoms with van der Waals surface area (Å²) in [5, 5.41) is 15.6. The number of carbonyl (C=O) groups excluding carboxylic acids is 5. The third kappa shape index (κ3) is 15.8. The molecule has 6 rings (SSSR count). The first-order valence-corrected chi connectivity index (χ1v) is 25.0. The third-order valence-corrected chi connectivity index (χ3v) is 13.4. The lowest BCUT2D eigenvalue weighted by Gasteiger charge is -2.33. The Morgan fingerprint density at radius 3 is 1.84 bits per heavy atom. The van der Waals surface area contributed by atoms with Crippen LogP contribution in [0.1, 0.15) is 125 Å². The minimum Gasteiger partial charge on any atom is -0.356 e. The summed E-state index contributed by atoms with van der Waals surface area (Å²) in [4.78, 5) is 81.1. The summed E-state index contributed by atoms with van der Waals surface area (Å²) < 4.78 is 0. The van der Waals surface area contributed by atoms with Crippen molar-refractivity contribution in [3.63, 3.8) is 0 Å². The smallest absolute Gasteiger partial charge is 0.246 e. The predicted molar refractivity (Wildman–Crippen MR) is 264 cm³/mol. The first-order valence-electron chi connectivity index (χ1n) is 25.0. The van der Waals surface area contributed by atoms with E-state index in [4.69, 9.17) is 0 Å². The summed E-state index contributed by atoms with van der Waals surface area (Å²) in [5.41, 5.74) is 3.71. The van der Waals surface area contributed by atoms with E-state index in [2.05, 4.69) is 41.5 Å². The number of pyridine rings is 2. The summed E-state index contributed by atoms with van der Waals surface area (Å²) in [6.45, 7) is 4.22. The summed E-state index contributed by atoms with van der Waals surface area (Å²) in [6.07, 6.45) is 15.1. The molecule has 0 bridgehead atoms. The third-order valence-electron chi connectivity index (χ3n) is 13.4. The van der Waals surface area contributed by atoms with Gasteiger partial charge in [0.2, 0.25) is 29.5 Å². The molecule has 2 aromatic heterocycles. The molecular weight excluding hydrogens is 855 g/mol. The number of likely N-dealkylation sites (N-methyl/N-ethyl adjacent to an activating group) is 1. The summed E-state index contributed by atoms with van der Waals surface area (Å²) in [6, 6.07) is 28.7. The Bertz CT molecular complexity index is 2060. The topological polar surface area (TPSA) is 178 Å². The molecule has 0 aliphatic carbocycles. The van der Waals surface area contributed by atoms with Crippen LogP contribution in [-0.2, 0) is 37.1 Å². The zero-order valence-electron chi connectivity index (χ0n) is 40.1. The van der Waals surface area contributed by atoms with E-state index in [1.165, 1.54) is 0 Å². The second kappa shape index (κ2) is 27.7. The number of hydrogen-bond acceptors (Lipinski definition) is 9. The average molecular weight is 928 g/mol. The highest BCUT2D eigenvalue weighted by Crippen LogP contribution is 2.35. The lowest BCUT2D eigenvalue weighted by Crippen LogP contribution is -2.59. The largest absolute Gasteiger partial charge is 0.356 e. The number of nitrogens with zero attached hydrogens (tertiary/aromatic N) is 4. The van der Waals surface area contributed by atoms with Crippen LogP contribution in [-0.4, -0.2) is 100 Å². The van der Waals surface area contributed by atoms with Crippen molar-refractivity contribution < 1.29 is 24.0 Å². The van der Waals surface area contributed by atoms with Crippen LogP contribution in [0.25, 0.3) is 0 Å². The number of nitrogens with one attached hydrogen (secondary N) is 5. The fraction of sp³-hybridized carbons (Fsp3) is 0.500. The lowest BCUT2D eigenvalue weighted by atomic mass is 9.92. The Labute approximate surface area is 403 Å². The number of carbonyl (C=O) groups is 5. The van der Waals surface area contributed by atoms with Crippen LogP contribution in [0.3, 0.4) is 0 Å². The van der Waals surface area contributed by atoms with Crippen molar-refractivity contribution in [1.29, 1.82) is 0 Å². The van der Waals surface area contributed by atoms with E-state index in [1.54, 1.807) is 24.3 Å². The van der Waals surface area contributed by atoms with E-state index in [1.807, 2.05) is 104 Å². The van der Waals surface area contributed by atoms with E-state index in [0.717, 1.165) is 73.9 Å². The van der Waals surface area contributed by atoms with Crippen molar-refractivity contribution in [2.24, 2.45) is 5.92 Å². The number of rotatable bonds is 27. The molecule has 2 fully saturated rings. The van der Waals surface area contributed by atoms with Gasteiger partial charge in [-0.25, -0.2) is 0 Å². The number of amides is 5. The van der Waals surface area contributed by atoms with Crippen LogP contribution < -0.4 is 26.6 Å². The van der Waals surface area contributed by atoms with Crippen LogP contribution in [0.4, 0.5) is 0 Å². The molecule has 0 spiro atoms. The SMILES string of the molecule is CC[C@H](NC)C(=O)N[C@@H]1C(=O)N2[C@@H](CC[C@@H]1CNC(=O)CCCCCCCCCCNC(=O)CN(Cc1ccccn1)Cc1ccccn1)CC[C@H]2C(=O)NC(c1ccccc1)c1ccccc1. The zero-order valence-corrected chi connectivity index (χ0v) is 40.1. The molecule has 4 heterocycles. The zero-order chi connectivity index (χ0) is 47.9. The minimum absolute atomic E-state index is 0.00267. The van der Waals surface area contributed by atoms with Crippen molar-refractivity contribution in [3.05, 3.63) is 132 Å². The molecular formula is C54H73N9O5. The second-order valence-electron chi connectivity index (χ2n) is 18.3. The fourth-order valence-electron chi connectivity index (χ4n) is 9.66. The molecule has 0 radical (unpaired) electrons. The van der Waals surface area contributed by atoms with Gasteiger partial charge in [-0.05, 0) is 87.4 Å². The van der Waals surface area contributed by atoms with Crippen LogP contribution >= 0.6 is 0 Å². The molecule has 5 atom stereocenters. The van der Waals surface area contributed by atoms with Gasteiger partial charge in [0.05, 0.1) is 30.0 Å². The van der Waals surface area contributed by atoms with Crippen LogP contribution in [0, 0.1) is 5.92 Å². The Kier molecular flexibility index (Phi) is 21.0. The highest BCUT2D eigenvalue weighted by atomic mass is 16.2. The number of aromatic nitrogens is 2. The van der Waals surface area contributed by atoms with Crippen molar-refractivity contribution in [2.75, 3.05) is 26.7 Å². The molecule has 2 saturated heterocycles. The van der Waals surface area contributed by atoms with Gasteiger partial charge in [0, 0.05) is 57.0 Å². The quantitative estimate of drug-likeness (QED) is 0.0425. The van der Waals surface area contributed by atoms with Gasteiger partial charge in [-0.1, -0.05) is 118 Å². The molecule has 2 aliphatic heterocycles. The Morgan fingerprint density at radius 2 is 1.26 bits per heavy atom. The predicted octanol–water partition coefficient (Wildman–Crippen LogP) is 6.38. The van der Waals surface area contributed by atoms with E-state index in [-0.39, 0.29) is 60.6 Å². The van der Waals surface area contributed by atoms with E-state index < -0.39 is 18.1 Å². The molecule has 0 saturated carbocycles. The van der Waals surface area contributed by atoms with Gasteiger partial charge in [0.25, 0.3) is 0 Å². The van der Waals surface area contributed by atoms with Crippen molar-refractivity contribution in [2.45, 2.75) is 140 Å². The van der Waals surface area contributed by atoms with Gasteiger partial charge in [0.15, 0.2) is 0 Å². The number of hydrogen-bond donors (Lipinski definition) is 5. The molecule has 0 unspecified atom stereocenters. The summed E-state index contributed by atoms with van der Waals surface area (Å²) in [5.74, 6) is -1.13. The van der Waals surface area contributed by atoms with Gasteiger partial charge in [-0.3, -0.25) is 38.8 Å². The number of fused-ring (bicyclic) bond motifs is 1. The van der Waals surface area contributed by atoms with Crippen LogP contribution in [0.15, 0.2) is 109 Å². The fourth-order valence-corrected chi connectivity index (χ4v) is 9.66. The minimum atomic E-state index is -0.880. The molecule has 2 aromatic carbocycles. The van der Waals surface area contributed by atoms with Crippen LogP contribution in [0.5, 0.6) is 0 Å².